The molecule has 0 aliphatic carbocycles. The van der Waals surface area contributed by atoms with Gasteiger partial charge in [0.25, 0.3) is 0 Å². The first-order valence-corrected chi connectivity index (χ1v) is 8.37. The zero-order valence-corrected chi connectivity index (χ0v) is 15.7. The Morgan fingerprint density at radius 2 is 1.63 bits per heavy atom. The number of halogens is 1. The summed E-state index contributed by atoms with van der Waals surface area (Å²) in [5, 5.41) is 3.30. The zero-order chi connectivity index (χ0) is 19.4. The molecule has 7 heteroatoms. The highest BCUT2D eigenvalue weighted by Crippen LogP contribution is 2.38. The summed E-state index contributed by atoms with van der Waals surface area (Å²) >= 11 is 0. The van der Waals surface area contributed by atoms with Crippen LogP contribution in [0.5, 0.6) is 17.2 Å². The van der Waals surface area contributed by atoms with Crippen molar-refractivity contribution in [2.75, 3.05) is 26.6 Å². The fourth-order valence-electron chi connectivity index (χ4n) is 2.88. The molecular weight excluding hydrogens is 349 g/mol. The van der Waals surface area contributed by atoms with Crippen molar-refractivity contribution in [1.82, 2.24) is 9.55 Å². The fraction of sp³-hybridized carbons (Fsp3) is 0.250. The molecule has 0 radical (unpaired) electrons. The lowest BCUT2D eigenvalue weighted by atomic mass is 10.1. The number of ether oxygens (including phenoxy) is 3. The molecule has 3 rings (SSSR count). The van der Waals surface area contributed by atoms with Crippen molar-refractivity contribution >= 4 is 5.95 Å². The van der Waals surface area contributed by atoms with E-state index < -0.39 is 0 Å². The summed E-state index contributed by atoms with van der Waals surface area (Å²) in [5.74, 6) is 2.19. The number of benzene rings is 2. The van der Waals surface area contributed by atoms with Crippen molar-refractivity contribution < 1.29 is 18.6 Å². The van der Waals surface area contributed by atoms with Gasteiger partial charge in [0.15, 0.2) is 11.5 Å². The third-order valence-electron chi connectivity index (χ3n) is 4.30. The normalized spacial score (nSPS) is 10.6. The number of hydrogen-bond donors (Lipinski definition) is 1. The van der Waals surface area contributed by atoms with Gasteiger partial charge in [-0.2, -0.15) is 0 Å². The molecule has 142 valence electrons. The van der Waals surface area contributed by atoms with Crippen LogP contribution >= 0.6 is 0 Å². The summed E-state index contributed by atoms with van der Waals surface area (Å²) < 4.78 is 31.2. The molecular formula is C20H22FN3O3. The van der Waals surface area contributed by atoms with E-state index in [-0.39, 0.29) is 5.82 Å². The Morgan fingerprint density at radius 3 is 2.19 bits per heavy atom. The molecule has 3 aromatic rings. The predicted molar refractivity (Wildman–Crippen MR) is 102 cm³/mol. The van der Waals surface area contributed by atoms with Crippen molar-refractivity contribution in [2.24, 2.45) is 7.05 Å². The Morgan fingerprint density at radius 1 is 1.00 bits per heavy atom. The van der Waals surface area contributed by atoms with Crippen LogP contribution in [0.3, 0.4) is 0 Å². The van der Waals surface area contributed by atoms with Crippen molar-refractivity contribution in [3.63, 3.8) is 0 Å². The van der Waals surface area contributed by atoms with E-state index in [1.165, 1.54) is 12.1 Å². The van der Waals surface area contributed by atoms with Gasteiger partial charge in [-0.05, 0) is 42.0 Å². The van der Waals surface area contributed by atoms with Crippen LogP contribution in [-0.2, 0) is 13.6 Å². The molecule has 0 fully saturated rings. The van der Waals surface area contributed by atoms with Gasteiger partial charge in [0.1, 0.15) is 5.82 Å². The van der Waals surface area contributed by atoms with Crippen LogP contribution in [0.15, 0.2) is 42.6 Å². The lowest BCUT2D eigenvalue weighted by Crippen LogP contribution is -2.06. The molecule has 1 aromatic heterocycles. The van der Waals surface area contributed by atoms with E-state index >= 15 is 0 Å². The summed E-state index contributed by atoms with van der Waals surface area (Å²) in [6.45, 7) is 0.518. The molecule has 0 unspecified atom stereocenters. The molecule has 0 saturated heterocycles. The number of rotatable bonds is 7. The highest BCUT2D eigenvalue weighted by molar-refractivity contribution is 5.61. The third kappa shape index (κ3) is 3.81. The van der Waals surface area contributed by atoms with E-state index in [9.17, 15) is 4.39 Å². The molecule has 0 atom stereocenters. The van der Waals surface area contributed by atoms with Gasteiger partial charge in [0.2, 0.25) is 11.7 Å². The minimum Gasteiger partial charge on any atom is -0.493 e. The Labute approximate surface area is 157 Å². The number of anilines is 1. The molecule has 27 heavy (non-hydrogen) atoms. The molecule has 0 aliphatic heterocycles. The van der Waals surface area contributed by atoms with Crippen molar-refractivity contribution in [3.05, 3.63) is 54.0 Å². The minimum absolute atomic E-state index is 0.262. The molecule has 0 aliphatic rings. The quantitative estimate of drug-likeness (QED) is 0.683. The average Bonchev–Trinajstić information content (AvgIpc) is 3.06. The lowest BCUT2D eigenvalue weighted by Gasteiger charge is -2.15. The second-order valence-corrected chi connectivity index (χ2v) is 5.92. The van der Waals surface area contributed by atoms with Gasteiger partial charge < -0.3 is 24.1 Å². The van der Waals surface area contributed by atoms with Crippen molar-refractivity contribution in [1.29, 1.82) is 0 Å². The van der Waals surface area contributed by atoms with Gasteiger partial charge in [0, 0.05) is 19.2 Å². The lowest BCUT2D eigenvalue weighted by molar-refractivity contribution is 0.324. The topological polar surface area (TPSA) is 57.5 Å². The van der Waals surface area contributed by atoms with Gasteiger partial charge in [-0.3, -0.25) is 0 Å². The van der Waals surface area contributed by atoms with Crippen LogP contribution in [-0.4, -0.2) is 30.9 Å². The molecule has 2 aromatic carbocycles. The molecule has 6 nitrogen and oxygen atoms in total. The summed E-state index contributed by atoms with van der Waals surface area (Å²) in [5.41, 5.74) is 2.74. The van der Waals surface area contributed by atoms with Crippen LogP contribution in [0.1, 0.15) is 5.56 Å². The Kier molecular flexibility index (Phi) is 5.49. The van der Waals surface area contributed by atoms with Crippen LogP contribution in [0.2, 0.25) is 0 Å². The summed E-state index contributed by atoms with van der Waals surface area (Å²) in [7, 11) is 6.65. The van der Waals surface area contributed by atoms with Gasteiger partial charge in [-0.1, -0.05) is 0 Å². The molecule has 1 N–H and O–H groups in total. The van der Waals surface area contributed by atoms with Crippen molar-refractivity contribution in [2.45, 2.75) is 6.54 Å². The standard InChI is InChI=1S/C20H22FN3O3/c1-24-16(14-5-7-15(21)8-6-14)12-23-20(24)22-11-13-9-17(25-2)19(27-4)18(10-13)26-3/h5-10,12H,11H2,1-4H3,(H,22,23). The van der Waals surface area contributed by atoms with Crippen molar-refractivity contribution in [3.8, 4) is 28.5 Å². The number of hydrogen-bond acceptors (Lipinski definition) is 5. The summed E-state index contributed by atoms with van der Waals surface area (Å²) in [4.78, 5) is 4.42. The maximum absolute atomic E-state index is 13.1. The summed E-state index contributed by atoms with van der Waals surface area (Å²) in [6.07, 6.45) is 1.75. The first kappa shape index (κ1) is 18.6. The first-order valence-electron chi connectivity index (χ1n) is 8.37. The van der Waals surface area contributed by atoms with Gasteiger partial charge in [0.05, 0.1) is 33.2 Å². The van der Waals surface area contributed by atoms with Crippen LogP contribution < -0.4 is 19.5 Å². The molecule has 1 heterocycles. The maximum Gasteiger partial charge on any atom is 0.203 e. The number of nitrogens with one attached hydrogen (secondary N) is 1. The SMILES string of the molecule is COc1cc(CNc2ncc(-c3ccc(F)cc3)n2C)cc(OC)c1OC. The highest BCUT2D eigenvalue weighted by Gasteiger charge is 2.14. The Hall–Kier alpha value is -3.22. The van der Waals surface area contributed by atoms with Crippen LogP contribution in [0.4, 0.5) is 10.3 Å². The molecule has 0 saturated carbocycles. The van der Waals surface area contributed by atoms with Crippen LogP contribution in [0, 0.1) is 5.82 Å². The molecule has 0 spiro atoms. The fourth-order valence-corrected chi connectivity index (χ4v) is 2.88. The Bertz CT molecular complexity index is 898. The monoisotopic (exact) mass is 371 g/mol. The van der Waals surface area contributed by atoms with E-state index in [1.807, 2.05) is 23.7 Å². The zero-order valence-electron chi connectivity index (χ0n) is 15.7. The van der Waals surface area contributed by atoms with Crippen LogP contribution in [0.25, 0.3) is 11.3 Å². The second-order valence-electron chi connectivity index (χ2n) is 5.92. The molecule has 0 bridgehead atoms. The van der Waals surface area contributed by atoms with E-state index in [2.05, 4.69) is 10.3 Å². The minimum atomic E-state index is -0.262. The average molecular weight is 371 g/mol. The van der Waals surface area contributed by atoms with E-state index in [0.29, 0.717) is 29.7 Å². The Balaban J connectivity index is 1.80. The maximum atomic E-state index is 13.1. The molecule has 0 amide bonds. The second kappa shape index (κ2) is 7.99. The summed E-state index contributed by atoms with van der Waals surface area (Å²) in [6, 6.07) is 10.1. The third-order valence-corrected chi connectivity index (χ3v) is 4.30. The highest BCUT2D eigenvalue weighted by atomic mass is 19.1. The number of nitrogens with zero attached hydrogens (tertiary/aromatic N) is 2. The predicted octanol–water partition coefficient (Wildman–Crippen LogP) is 3.86. The number of aromatic nitrogens is 2. The van der Waals surface area contributed by atoms with Gasteiger partial charge >= 0.3 is 0 Å². The number of methoxy groups -OCH3 is 3. The number of imidazole rings is 1. The smallest absolute Gasteiger partial charge is 0.203 e. The van der Waals surface area contributed by atoms with E-state index in [0.717, 1.165) is 16.8 Å². The largest absolute Gasteiger partial charge is 0.493 e. The van der Waals surface area contributed by atoms with Gasteiger partial charge in [-0.25, -0.2) is 9.37 Å². The first-order chi connectivity index (χ1) is 13.1. The van der Waals surface area contributed by atoms with Gasteiger partial charge in [-0.15, -0.1) is 0 Å². The van der Waals surface area contributed by atoms with E-state index in [1.54, 1.807) is 39.7 Å². The van der Waals surface area contributed by atoms with E-state index in [4.69, 9.17) is 14.2 Å².